The number of para-hydroxylation sites is 1. The lowest BCUT2D eigenvalue weighted by atomic mass is 9.91. The summed E-state index contributed by atoms with van der Waals surface area (Å²) in [6, 6.07) is 23.6. The molecule has 3 atom stereocenters. The van der Waals surface area contributed by atoms with Crippen molar-refractivity contribution in [3.8, 4) is 5.75 Å². The summed E-state index contributed by atoms with van der Waals surface area (Å²) in [5, 5.41) is 30.6. The zero-order chi connectivity index (χ0) is 32.3. The van der Waals surface area contributed by atoms with E-state index in [0.29, 0.717) is 31.4 Å². The predicted octanol–water partition coefficient (Wildman–Crippen LogP) is 8.23. The van der Waals surface area contributed by atoms with Gasteiger partial charge >= 0.3 is 11.9 Å². The molecular weight excluding hydrogens is 582 g/mol. The summed E-state index contributed by atoms with van der Waals surface area (Å²) in [5.74, 6) is -1.50. The lowest BCUT2D eigenvalue weighted by Gasteiger charge is -2.37. The number of benzene rings is 3. The van der Waals surface area contributed by atoms with Crippen LogP contribution in [0.2, 0.25) is 0 Å². The molecule has 0 aliphatic carbocycles. The number of allylic oxidation sites excluding steroid dienone is 3. The Morgan fingerprint density at radius 3 is 2.43 bits per heavy atom. The fourth-order valence-electron chi connectivity index (χ4n) is 5.77. The number of unbranched alkanes of at least 4 members (excludes halogenated alkanes) is 2. The summed E-state index contributed by atoms with van der Waals surface area (Å²) in [4.78, 5) is 26.1. The Bertz CT molecular complexity index is 1700. The fraction of sp³-hybridized carbons (Fsp3) is 0.289. The molecule has 1 fully saturated rings. The van der Waals surface area contributed by atoms with Gasteiger partial charge in [0.15, 0.2) is 6.29 Å². The highest BCUT2D eigenvalue weighted by atomic mass is 16.7. The summed E-state index contributed by atoms with van der Waals surface area (Å²) in [6.45, 7) is 0.412. The summed E-state index contributed by atoms with van der Waals surface area (Å²) in [7, 11) is 0. The second kappa shape index (κ2) is 16.0. The smallest absolute Gasteiger partial charge is 0.303 e. The van der Waals surface area contributed by atoms with Crippen molar-refractivity contribution >= 4 is 28.3 Å². The van der Waals surface area contributed by atoms with E-state index < -0.39 is 24.3 Å². The van der Waals surface area contributed by atoms with Gasteiger partial charge in [0.2, 0.25) is 0 Å². The van der Waals surface area contributed by atoms with Gasteiger partial charge in [-0.2, -0.15) is 0 Å². The summed E-state index contributed by atoms with van der Waals surface area (Å²) in [5.41, 5.74) is 4.68. The quantitative estimate of drug-likeness (QED) is 0.0950. The molecule has 0 unspecified atom stereocenters. The third-order valence-electron chi connectivity index (χ3n) is 8.15. The average molecular weight is 622 g/mol. The number of pyridine rings is 1. The first kappa shape index (κ1) is 32.6. The minimum absolute atomic E-state index is 0.0598. The SMILES string of the molecule is O=C(O)CC/C=C\C[C@@H]1CO[C@H](c2ccc3cc(/C(=C\CCCCC(=O)O)c4cccnc4)ccc3c2)O[C@@H]1c1ccccc1O. The summed E-state index contributed by atoms with van der Waals surface area (Å²) < 4.78 is 12.8. The number of hydrogen-bond acceptors (Lipinski definition) is 6. The number of fused-ring (bicyclic) bond motifs is 1. The minimum Gasteiger partial charge on any atom is -0.508 e. The standard InChI is InChI=1S/C38H39NO7/c40-34-14-8-7-13-33(34)37-31(10-3-1-5-15-35(41)42)25-45-38(46-37)29-20-18-26-22-28(19-17-27(26)23-29)32(30-11-9-21-39-24-30)12-4-2-6-16-36(43)44/h1,3,7-9,11-14,17-24,31,37-38,40H,2,4-6,10,15-16,25H2,(H,41,42)(H,43,44)/b3-1-,32-12+/t31-,37+,38+/m1/s1. The van der Waals surface area contributed by atoms with Gasteiger partial charge in [-0.05, 0) is 78.3 Å². The molecule has 3 aromatic carbocycles. The Kier molecular flexibility index (Phi) is 11.3. The van der Waals surface area contributed by atoms with Crippen LogP contribution in [0.5, 0.6) is 5.75 Å². The van der Waals surface area contributed by atoms with E-state index in [2.05, 4.69) is 41.4 Å². The number of phenolic OH excluding ortho intramolecular Hbond substituents is 1. The van der Waals surface area contributed by atoms with Gasteiger partial charge in [0, 0.05) is 47.8 Å². The van der Waals surface area contributed by atoms with E-state index in [1.54, 1.807) is 18.3 Å². The van der Waals surface area contributed by atoms with Gasteiger partial charge in [0.05, 0.1) is 12.7 Å². The van der Waals surface area contributed by atoms with Crippen LogP contribution in [-0.4, -0.2) is 38.8 Å². The molecule has 3 N–H and O–H groups in total. The first-order valence-corrected chi connectivity index (χ1v) is 15.7. The van der Waals surface area contributed by atoms with E-state index in [1.807, 2.05) is 48.7 Å². The molecule has 8 heteroatoms. The number of aromatic nitrogens is 1. The largest absolute Gasteiger partial charge is 0.508 e. The second-order valence-corrected chi connectivity index (χ2v) is 11.5. The number of rotatable bonds is 14. The third-order valence-corrected chi connectivity index (χ3v) is 8.15. The molecule has 0 radical (unpaired) electrons. The van der Waals surface area contributed by atoms with Crippen LogP contribution in [-0.2, 0) is 19.1 Å². The Balaban J connectivity index is 1.35. The molecule has 1 saturated heterocycles. The van der Waals surface area contributed by atoms with Gasteiger partial charge in [0.25, 0.3) is 0 Å². The molecule has 5 rings (SSSR count). The fourth-order valence-corrected chi connectivity index (χ4v) is 5.77. The first-order valence-electron chi connectivity index (χ1n) is 15.7. The van der Waals surface area contributed by atoms with Crippen molar-refractivity contribution < 1.29 is 34.4 Å². The number of aromatic hydroxyl groups is 1. The van der Waals surface area contributed by atoms with E-state index in [0.717, 1.165) is 45.9 Å². The summed E-state index contributed by atoms with van der Waals surface area (Å²) in [6.07, 6.45) is 12.1. The second-order valence-electron chi connectivity index (χ2n) is 11.5. The minimum atomic E-state index is -0.828. The number of aliphatic carboxylic acids is 2. The van der Waals surface area contributed by atoms with Crippen molar-refractivity contribution in [3.05, 3.63) is 126 Å². The van der Waals surface area contributed by atoms with Crippen molar-refractivity contribution in [2.75, 3.05) is 6.61 Å². The number of hydrogen-bond donors (Lipinski definition) is 3. The van der Waals surface area contributed by atoms with Crippen LogP contribution < -0.4 is 0 Å². The maximum Gasteiger partial charge on any atom is 0.303 e. The molecule has 4 aromatic rings. The number of ether oxygens (including phenoxy) is 2. The van der Waals surface area contributed by atoms with Gasteiger partial charge in [-0.25, -0.2) is 0 Å². The van der Waals surface area contributed by atoms with E-state index in [-0.39, 0.29) is 24.5 Å². The highest BCUT2D eigenvalue weighted by Crippen LogP contribution is 2.43. The molecule has 0 amide bonds. The Labute approximate surface area is 268 Å². The van der Waals surface area contributed by atoms with E-state index >= 15 is 0 Å². The number of carbonyl (C=O) groups is 2. The van der Waals surface area contributed by atoms with Crippen LogP contribution in [0.15, 0.2) is 103 Å². The molecule has 1 aromatic heterocycles. The van der Waals surface area contributed by atoms with Crippen molar-refractivity contribution in [3.63, 3.8) is 0 Å². The van der Waals surface area contributed by atoms with Crippen molar-refractivity contribution in [2.24, 2.45) is 5.92 Å². The number of nitrogens with zero attached hydrogens (tertiary/aromatic N) is 1. The molecule has 1 aliphatic rings. The first-order chi connectivity index (χ1) is 22.4. The van der Waals surface area contributed by atoms with Gasteiger partial charge in [-0.3, -0.25) is 14.6 Å². The van der Waals surface area contributed by atoms with Crippen molar-refractivity contribution in [2.45, 2.75) is 57.3 Å². The molecule has 46 heavy (non-hydrogen) atoms. The highest BCUT2D eigenvalue weighted by molar-refractivity contribution is 5.89. The molecule has 2 heterocycles. The maximum absolute atomic E-state index is 10.9. The van der Waals surface area contributed by atoms with E-state index in [9.17, 15) is 14.7 Å². The van der Waals surface area contributed by atoms with E-state index in [4.69, 9.17) is 19.7 Å². The van der Waals surface area contributed by atoms with Crippen LogP contribution in [0.25, 0.3) is 16.3 Å². The number of carboxylic acid groups (broad SMARTS) is 2. The monoisotopic (exact) mass is 621 g/mol. The maximum atomic E-state index is 10.9. The Morgan fingerprint density at radius 2 is 1.65 bits per heavy atom. The zero-order valence-electron chi connectivity index (χ0n) is 25.6. The number of phenols is 1. The topological polar surface area (TPSA) is 126 Å². The average Bonchev–Trinajstić information content (AvgIpc) is 3.06. The highest BCUT2D eigenvalue weighted by Gasteiger charge is 2.34. The lowest BCUT2D eigenvalue weighted by molar-refractivity contribution is -0.244. The van der Waals surface area contributed by atoms with Crippen LogP contribution in [0.3, 0.4) is 0 Å². The van der Waals surface area contributed by atoms with Gasteiger partial charge in [-0.15, -0.1) is 0 Å². The Hall–Kier alpha value is -4.79. The molecule has 0 saturated carbocycles. The summed E-state index contributed by atoms with van der Waals surface area (Å²) >= 11 is 0. The normalized spacial score (nSPS) is 18.6. The number of carboxylic acids is 2. The molecule has 8 nitrogen and oxygen atoms in total. The predicted molar refractivity (Wildman–Crippen MR) is 176 cm³/mol. The molecular formula is C38H39NO7. The van der Waals surface area contributed by atoms with Crippen LogP contribution in [0.4, 0.5) is 0 Å². The van der Waals surface area contributed by atoms with Gasteiger partial charge in [0.1, 0.15) is 5.75 Å². The van der Waals surface area contributed by atoms with Crippen LogP contribution in [0.1, 0.15) is 79.6 Å². The zero-order valence-corrected chi connectivity index (χ0v) is 25.6. The molecule has 238 valence electrons. The van der Waals surface area contributed by atoms with Crippen molar-refractivity contribution in [1.82, 2.24) is 4.98 Å². The molecule has 0 spiro atoms. The molecule has 0 bridgehead atoms. The molecule has 1 aliphatic heterocycles. The lowest BCUT2D eigenvalue weighted by Crippen LogP contribution is -2.30. The van der Waals surface area contributed by atoms with Crippen LogP contribution in [0, 0.1) is 5.92 Å². The van der Waals surface area contributed by atoms with Gasteiger partial charge in [-0.1, -0.05) is 66.8 Å². The van der Waals surface area contributed by atoms with Crippen molar-refractivity contribution in [1.29, 1.82) is 0 Å². The van der Waals surface area contributed by atoms with Gasteiger partial charge < -0.3 is 24.8 Å². The third kappa shape index (κ3) is 8.68. The van der Waals surface area contributed by atoms with Crippen LogP contribution >= 0.6 is 0 Å². The van der Waals surface area contributed by atoms with E-state index in [1.165, 1.54) is 0 Å². The Morgan fingerprint density at radius 1 is 0.848 bits per heavy atom.